The maximum Gasteiger partial charge on any atom is 0.233 e. The van der Waals surface area contributed by atoms with Crippen LogP contribution in [-0.4, -0.2) is 53.6 Å². The number of piperidine rings is 1. The maximum absolute atomic E-state index is 13.0. The number of amides is 2. The number of likely N-dealkylation sites (tertiary alicyclic amines) is 2. The minimum atomic E-state index is -0.336. The number of carbonyl (C=O) groups excluding carboxylic acids is 3. The van der Waals surface area contributed by atoms with Gasteiger partial charge in [0.05, 0.1) is 11.8 Å². The second kappa shape index (κ2) is 8.11. The van der Waals surface area contributed by atoms with Gasteiger partial charge in [0, 0.05) is 24.6 Å². The molecule has 2 heterocycles. The Bertz CT molecular complexity index is 732. The number of rotatable bonds is 5. The van der Waals surface area contributed by atoms with Crippen molar-refractivity contribution in [3.8, 4) is 0 Å². The molecule has 2 atom stereocenters. The first-order valence-electron chi connectivity index (χ1n) is 10.4. The van der Waals surface area contributed by atoms with Gasteiger partial charge in [-0.15, -0.1) is 0 Å². The quantitative estimate of drug-likeness (QED) is 0.577. The number of hydrogen-bond acceptors (Lipinski definition) is 4. The molecule has 150 valence electrons. The molecule has 5 nitrogen and oxygen atoms in total. The monoisotopic (exact) mass is 386 g/mol. The molecule has 2 saturated heterocycles. The van der Waals surface area contributed by atoms with Crippen molar-refractivity contribution in [2.45, 2.75) is 38.5 Å². The first kappa shape index (κ1) is 19.2. The first-order chi connectivity index (χ1) is 13.5. The van der Waals surface area contributed by atoms with Gasteiger partial charge in [0.1, 0.15) is 5.82 Å². The van der Waals surface area contributed by atoms with Crippen LogP contribution < -0.4 is 0 Å². The summed E-state index contributed by atoms with van der Waals surface area (Å²) in [5.41, 5.74) is 0.565. The molecular formula is C22H27FN2O3. The van der Waals surface area contributed by atoms with Crippen LogP contribution in [0.3, 0.4) is 0 Å². The molecule has 0 radical (unpaired) electrons. The molecule has 0 aromatic heterocycles. The van der Waals surface area contributed by atoms with Gasteiger partial charge in [-0.3, -0.25) is 19.3 Å². The van der Waals surface area contributed by atoms with Crippen LogP contribution in [0.2, 0.25) is 0 Å². The van der Waals surface area contributed by atoms with Crippen molar-refractivity contribution in [2.24, 2.45) is 17.8 Å². The van der Waals surface area contributed by atoms with Crippen LogP contribution in [0.25, 0.3) is 0 Å². The smallest absolute Gasteiger partial charge is 0.233 e. The molecule has 3 aliphatic rings. The summed E-state index contributed by atoms with van der Waals surface area (Å²) < 4.78 is 13.0. The van der Waals surface area contributed by atoms with Crippen LogP contribution >= 0.6 is 0 Å². The molecule has 0 spiro atoms. The van der Waals surface area contributed by atoms with Crippen LogP contribution in [0.15, 0.2) is 24.3 Å². The highest BCUT2D eigenvalue weighted by Crippen LogP contribution is 2.37. The topological polar surface area (TPSA) is 57.7 Å². The van der Waals surface area contributed by atoms with Crippen LogP contribution in [0.4, 0.5) is 4.39 Å². The van der Waals surface area contributed by atoms with Crippen LogP contribution in [0, 0.1) is 23.6 Å². The molecule has 0 N–H and O–H groups in total. The number of halogens is 1. The second-order valence-electron chi connectivity index (χ2n) is 8.31. The van der Waals surface area contributed by atoms with Crippen molar-refractivity contribution < 1.29 is 18.8 Å². The molecule has 2 aliphatic heterocycles. The number of fused-ring (bicyclic) bond motifs is 1. The van der Waals surface area contributed by atoms with Crippen LogP contribution in [-0.2, 0) is 9.59 Å². The lowest BCUT2D eigenvalue weighted by atomic mass is 9.81. The van der Waals surface area contributed by atoms with E-state index in [1.807, 2.05) is 0 Å². The summed E-state index contributed by atoms with van der Waals surface area (Å²) in [6.45, 7) is 2.69. The summed E-state index contributed by atoms with van der Waals surface area (Å²) in [5.74, 6) is -0.418. The lowest BCUT2D eigenvalue weighted by Gasteiger charge is -2.32. The molecule has 28 heavy (non-hydrogen) atoms. The van der Waals surface area contributed by atoms with Crippen molar-refractivity contribution in [1.82, 2.24) is 9.80 Å². The average molecular weight is 386 g/mol. The van der Waals surface area contributed by atoms with E-state index in [4.69, 9.17) is 0 Å². The van der Waals surface area contributed by atoms with Gasteiger partial charge in [-0.05, 0) is 63.0 Å². The van der Waals surface area contributed by atoms with Gasteiger partial charge >= 0.3 is 0 Å². The average Bonchev–Trinajstić information content (AvgIpc) is 2.97. The molecular weight excluding hydrogens is 359 g/mol. The third-order valence-electron chi connectivity index (χ3n) is 6.66. The molecule has 1 aromatic rings. The van der Waals surface area contributed by atoms with Gasteiger partial charge in [0.2, 0.25) is 11.8 Å². The van der Waals surface area contributed by atoms with E-state index >= 15 is 0 Å². The number of ketones is 1. The van der Waals surface area contributed by atoms with E-state index in [0.29, 0.717) is 18.7 Å². The van der Waals surface area contributed by atoms with E-state index in [9.17, 15) is 18.8 Å². The highest BCUT2D eigenvalue weighted by molar-refractivity contribution is 6.05. The van der Waals surface area contributed by atoms with Crippen molar-refractivity contribution in [2.75, 3.05) is 26.2 Å². The molecule has 0 bridgehead atoms. The summed E-state index contributed by atoms with van der Waals surface area (Å²) in [6.07, 6.45) is 5.30. The molecule has 1 aromatic carbocycles. The zero-order chi connectivity index (χ0) is 19.7. The predicted octanol–water partition coefficient (Wildman–Crippen LogP) is 2.90. The van der Waals surface area contributed by atoms with Crippen molar-refractivity contribution >= 4 is 17.6 Å². The Morgan fingerprint density at radius 3 is 2.04 bits per heavy atom. The Labute approximate surface area is 164 Å². The molecule has 6 heteroatoms. The number of carbonyl (C=O) groups is 3. The molecule has 2 unspecified atom stereocenters. The van der Waals surface area contributed by atoms with Gasteiger partial charge in [-0.1, -0.05) is 12.8 Å². The molecule has 3 fully saturated rings. The van der Waals surface area contributed by atoms with E-state index in [0.717, 1.165) is 51.6 Å². The van der Waals surface area contributed by atoms with Gasteiger partial charge in [0.25, 0.3) is 0 Å². The highest BCUT2D eigenvalue weighted by atomic mass is 19.1. The Morgan fingerprint density at radius 2 is 1.46 bits per heavy atom. The summed E-state index contributed by atoms with van der Waals surface area (Å²) in [4.78, 5) is 41.4. The van der Waals surface area contributed by atoms with Gasteiger partial charge in [0.15, 0.2) is 5.78 Å². The number of benzene rings is 1. The van der Waals surface area contributed by atoms with Crippen molar-refractivity contribution in [3.63, 3.8) is 0 Å². The van der Waals surface area contributed by atoms with Crippen LogP contribution in [0.1, 0.15) is 48.9 Å². The van der Waals surface area contributed by atoms with Gasteiger partial charge in [-0.2, -0.15) is 0 Å². The van der Waals surface area contributed by atoms with E-state index in [1.54, 1.807) is 12.1 Å². The number of imide groups is 1. The van der Waals surface area contributed by atoms with Crippen molar-refractivity contribution in [3.05, 3.63) is 35.6 Å². The number of nitrogens with zero attached hydrogens (tertiary/aromatic N) is 2. The first-order valence-corrected chi connectivity index (χ1v) is 10.4. The Morgan fingerprint density at radius 1 is 0.893 bits per heavy atom. The lowest BCUT2D eigenvalue weighted by molar-refractivity contribution is -0.140. The molecule has 1 aliphatic carbocycles. The van der Waals surface area contributed by atoms with Gasteiger partial charge in [-0.25, -0.2) is 4.39 Å². The Balaban J connectivity index is 1.27. The zero-order valence-electron chi connectivity index (χ0n) is 16.1. The standard InChI is InChI=1S/C22H27FN2O3/c23-17-7-5-15(6-8-17)20(26)16-9-11-24(12-10-16)13-14-25-21(27)18-3-1-2-4-19(18)22(25)28/h5-8,16,18-19H,1-4,9-14H2. The largest absolute Gasteiger partial charge is 0.302 e. The Hall–Kier alpha value is -2.08. The van der Waals surface area contributed by atoms with E-state index in [2.05, 4.69) is 4.90 Å². The van der Waals surface area contributed by atoms with Crippen LogP contribution in [0.5, 0.6) is 0 Å². The second-order valence-corrected chi connectivity index (χ2v) is 8.31. The fraction of sp³-hybridized carbons (Fsp3) is 0.591. The third-order valence-corrected chi connectivity index (χ3v) is 6.66. The molecule has 2 amide bonds. The predicted molar refractivity (Wildman–Crippen MR) is 102 cm³/mol. The minimum absolute atomic E-state index is 0.0241. The summed E-state index contributed by atoms with van der Waals surface area (Å²) in [6, 6.07) is 5.75. The fourth-order valence-electron chi connectivity index (χ4n) is 4.96. The van der Waals surface area contributed by atoms with E-state index in [-0.39, 0.29) is 41.2 Å². The third kappa shape index (κ3) is 3.75. The summed E-state index contributed by atoms with van der Waals surface area (Å²) in [5, 5.41) is 0. The van der Waals surface area contributed by atoms with Crippen molar-refractivity contribution in [1.29, 1.82) is 0 Å². The molecule has 4 rings (SSSR count). The fourth-order valence-corrected chi connectivity index (χ4v) is 4.96. The highest BCUT2D eigenvalue weighted by Gasteiger charge is 2.47. The number of Topliss-reactive ketones (excluding diaryl/α,β-unsaturated/α-hetero) is 1. The zero-order valence-corrected chi connectivity index (χ0v) is 16.1. The summed E-state index contributed by atoms with van der Waals surface area (Å²) >= 11 is 0. The van der Waals surface area contributed by atoms with Gasteiger partial charge < -0.3 is 4.90 Å². The lowest BCUT2D eigenvalue weighted by Crippen LogP contribution is -2.42. The minimum Gasteiger partial charge on any atom is -0.302 e. The Kier molecular flexibility index (Phi) is 5.58. The molecule has 1 saturated carbocycles. The SMILES string of the molecule is O=C(c1ccc(F)cc1)C1CCN(CCN2C(=O)C3CCCCC3C2=O)CC1. The summed E-state index contributed by atoms with van der Waals surface area (Å²) in [7, 11) is 0. The normalized spacial score (nSPS) is 26.5. The van der Waals surface area contributed by atoms with E-state index in [1.165, 1.54) is 17.0 Å². The van der Waals surface area contributed by atoms with E-state index < -0.39 is 0 Å². The maximum atomic E-state index is 13.0. The number of hydrogen-bond donors (Lipinski definition) is 0.